The van der Waals surface area contributed by atoms with E-state index in [1.54, 1.807) is 6.33 Å². The number of aromatic nitrogens is 3. The van der Waals surface area contributed by atoms with Crippen molar-refractivity contribution in [2.24, 2.45) is 0 Å². The van der Waals surface area contributed by atoms with E-state index in [9.17, 15) is 5.11 Å². The third-order valence-electron chi connectivity index (χ3n) is 5.15. The van der Waals surface area contributed by atoms with Crippen LogP contribution in [0.3, 0.4) is 0 Å². The summed E-state index contributed by atoms with van der Waals surface area (Å²) in [6.45, 7) is 4.69. The third kappa shape index (κ3) is 3.86. The second kappa shape index (κ2) is 8.97. The number of ether oxygens (including phenoxy) is 1. The minimum Gasteiger partial charge on any atom is -0.494 e. The lowest BCUT2D eigenvalue weighted by molar-refractivity contribution is 0.271. The Bertz CT molecular complexity index is 1100. The van der Waals surface area contributed by atoms with Gasteiger partial charge in [-0.3, -0.25) is 0 Å². The molecule has 2 aromatic carbocycles. The van der Waals surface area contributed by atoms with Gasteiger partial charge in [0.05, 0.1) is 24.6 Å². The highest BCUT2D eigenvalue weighted by Crippen LogP contribution is 2.35. The fraction of sp³-hybridized carbons (Fsp3) is 0.250. The fourth-order valence-corrected chi connectivity index (χ4v) is 3.54. The lowest BCUT2D eigenvalue weighted by atomic mass is 10.1. The first-order chi connectivity index (χ1) is 14.7. The molecule has 1 atom stereocenters. The van der Waals surface area contributed by atoms with Crippen LogP contribution in [0.15, 0.2) is 67.1 Å². The van der Waals surface area contributed by atoms with Crippen LogP contribution in [0.5, 0.6) is 5.75 Å². The van der Waals surface area contributed by atoms with Gasteiger partial charge >= 0.3 is 0 Å². The van der Waals surface area contributed by atoms with Crippen LogP contribution in [0.25, 0.3) is 27.8 Å². The Hall–Kier alpha value is -3.38. The summed E-state index contributed by atoms with van der Waals surface area (Å²) in [4.78, 5) is 9.11. The van der Waals surface area contributed by atoms with Gasteiger partial charge in [0.25, 0.3) is 0 Å². The molecule has 2 N–H and O–H groups in total. The molecule has 4 rings (SSSR count). The van der Waals surface area contributed by atoms with Crippen LogP contribution in [0.2, 0.25) is 0 Å². The van der Waals surface area contributed by atoms with Crippen molar-refractivity contribution in [1.82, 2.24) is 14.5 Å². The average Bonchev–Trinajstić information content (AvgIpc) is 3.19. The van der Waals surface area contributed by atoms with E-state index < -0.39 is 0 Å². The van der Waals surface area contributed by atoms with Crippen molar-refractivity contribution in [1.29, 1.82) is 0 Å². The first-order valence-corrected chi connectivity index (χ1v) is 10.3. The van der Waals surface area contributed by atoms with Crippen LogP contribution in [0, 0.1) is 0 Å². The Labute approximate surface area is 176 Å². The van der Waals surface area contributed by atoms with E-state index in [4.69, 9.17) is 4.74 Å². The van der Waals surface area contributed by atoms with Gasteiger partial charge in [-0.1, -0.05) is 37.3 Å². The summed E-state index contributed by atoms with van der Waals surface area (Å²) in [6, 6.07) is 18.1. The molecule has 0 bridgehead atoms. The predicted molar refractivity (Wildman–Crippen MR) is 120 cm³/mol. The molecule has 2 heterocycles. The van der Waals surface area contributed by atoms with Gasteiger partial charge in [-0.25, -0.2) is 9.97 Å². The van der Waals surface area contributed by atoms with E-state index in [1.807, 2.05) is 56.3 Å². The normalized spacial score (nSPS) is 12.1. The maximum absolute atomic E-state index is 9.68. The fourth-order valence-electron chi connectivity index (χ4n) is 3.54. The van der Waals surface area contributed by atoms with Crippen LogP contribution >= 0.6 is 0 Å². The average molecular weight is 402 g/mol. The summed E-state index contributed by atoms with van der Waals surface area (Å²) in [5.74, 6) is 1.57. The molecule has 6 nitrogen and oxygen atoms in total. The summed E-state index contributed by atoms with van der Waals surface area (Å²) in [5, 5.41) is 14.0. The van der Waals surface area contributed by atoms with Crippen molar-refractivity contribution in [2.45, 2.75) is 26.3 Å². The predicted octanol–water partition coefficient (Wildman–Crippen LogP) is 4.67. The Balaban J connectivity index is 1.90. The number of fused-ring (bicyclic) bond motifs is 1. The van der Waals surface area contributed by atoms with Crippen LogP contribution in [0.1, 0.15) is 20.3 Å². The summed E-state index contributed by atoms with van der Waals surface area (Å²) >= 11 is 0. The molecular formula is C24H26N4O2. The second-order valence-corrected chi connectivity index (χ2v) is 7.06. The van der Waals surface area contributed by atoms with Gasteiger partial charge in [0.1, 0.15) is 17.9 Å². The minimum absolute atomic E-state index is 0.0439. The number of nitrogens with one attached hydrogen (secondary N) is 1. The monoisotopic (exact) mass is 402 g/mol. The zero-order valence-corrected chi connectivity index (χ0v) is 17.2. The third-order valence-corrected chi connectivity index (χ3v) is 5.15. The molecule has 0 saturated carbocycles. The van der Waals surface area contributed by atoms with Gasteiger partial charge < -0.3 is 19.7 Å². The van der Waals surface area contributed by atoms with Gasteiger partial charge in [-0.2, -0.15) is 0 Å². The standard InChI is InChI=1S/C24H26N4O2/c1-3-18(15-29)27-23-22-21(17-8-6-5-7-9-17)14-28(24(22)26-16-25-23)19-10-12-20(13-11-19)30-4-2/h5-14,16,18,29H,3-4,15H2,1-2H3,(H,25,26,27). The van der Waals surface area contributed by atoms with E-state index in [0.717, 1.165) is 45.8 Å². The topological polar surface area (TPSA) is 72.2 Å². The molecule has 6 heteroatoms. The zero-order chi connectivity index (χ0) is 20.9. The van der Waals surface area contributed by atoms with Crippen molar-refractivity contribution < 1.29 is 9.84 Å². The molecule has 30 heavy (non-hydrogen) atoms. The van der Waals surface area contributed by atoms with Gasteiger partial charge in [-0.15, -0.1) is 0 Å². The van der Waals surface area contributed by atoms with Gasteiger partial charge in [0.15, 0.2) is 5.65 Å². The molecule has 0 aliphatic rings. The first kappa shape index (κ1) is 19.9. The first-order valence-electron chi connectivity index (χ1n) is 10.3. The van der Waals surface area contributed by atoms with E-state index in [1.165, 1.54) is 0 Å². The largest absolute Gasteiger partial charge is 0.494 e. The molecule has 0 spiro atoms. The summed E-state index contributed by atoms with van der Waals surface area (Å²) < 4.78 is 7.65. The second-order valence-electron chi connectivity index (χ2n) is 7.06. The van der Waals surface area contributed by atoms with Crippen LogP contribution in [0.4, 0.5) is 5.82 Å². The van der Waals surface area contributed by atoms with Crippen LogP contribution in [-0.2, 0) is 0 Å². The zero-order valence-electron chi connectivity index (χ0n) is 17.2. The lowest BCUT2D eigenvalue weighted by Crippen LogP contribution is -2.23. The highest BCUT2D eigenvalue weighted by Gasteiger charge is 2.18. The number of aliphatic hydroxyl groups excluding tert-OH is 1. The highest BCUT2D eigenvalue weighted by molar-refractivity contribution is 6.02. The summed E-state index contributed by atoms with van der Waals surface area (Å²) in [5.41, 5.74) is 3.92. The quantitative estimate of drug-likeness (QED) is 0.448. The highest BCUT2D eigenvalue weighted by atomic mass is 16.5. The van der Waals surface area contributed by atoms with E-state index in [-0.39, 0.29) is 12.6 Å². The van der Waals surface area contributed by atoms with Gasteiger partial charge in [0, 0.05) is 17.4 Å². The molecule has 0 radical (unpaired) electrons. The van der Waals surface area contributed by atoms with Crippen molar-refractivity contribution in [3.8, 4) is 22.6 Å². The number of aliphatic hydroxyl groups is 1. The minimum atomic E-state index is -0.0689. The maximum Gasteiger partial charge on any atom is 0.150 e. The lowest BCUT2D eigenvalue weighted by Gasteiger charge is -2.16. The molecule has 0 fully saturated rings. The smallest absolute Gasteiger partial charge is 0.150 e. The Kier molecular flexibility index (Phi) is 5.95. The van der Waals surface area contributed by atoms with Crippen LogP contribution in [-0.4, -0.2) is 38.9 Å². The molecule has 0 aliphatic heterocycles. The van der Waals surface area contributed by atoms with Crippen molar-refractivity contribution in [3.63, 3.8) is 0 Å². The number of hydrogen-bond acceptors (Lipinski definition) is 5. The number of benzene rings is 2. The molecule has 0 aliphatic carbocycles. The number of nitrogens with zero attached hydrogens (tertiary/aromatic N) is 3. The Morgan fingerprint density at radius 3 is 2.47 bits per heavy atom. The van der Waals surface area contributed by atoms with E-state index in [2.05, 4.69) is 38.2 Å². The molecule has 0 amide bonds. The van der Waals surface area contributed by atoms with E-state index >= 15 is 0 Å². The maximum atomic E-state index is 9.68. The van der Waals surface area contributed by atoms with Crippen molar-refractivity contribution in [2.75, 3.05) is 18.5 Å². The summed E-state index contributed by atoms with van der Waals surface area (Å²) in [6.07, 6.45) is 4.45. The Morgan fingerprint density at radius 1 is 1.03 bits per heavy atom. The van der Waals surface area contributed by atoms with Crippen LogP contribution < -0.4 is 10.1 Å². The summed E-state index contributed by atoms with van der Waals surface area (Å²) in [7, 11) is 0. The molecule has 0 saturated heterocycles. The van der Waals surface area contributed by atoms with Gasteiger partial charge in [-0.05, 0) is 43.2 Å². The molecular weight excluding hydrogens is 376 g/mol. The number of anilines is 1. The molecule has 2 aromatic heterocycles. The molecule has 4 aromatic rings. The Morgan fingerprint density at radius 2 is 1.80 bits per heavy atom. The SMILES string of the molecule is CCOc1ccc(-n2cc(-c3ccccc3)c3c(NC(CC)CO)ncnc32)cc1. The van der Waals surface area contributed by atoms with Crippen molar-refractivity contribution in [3.05, 3.63) is 67.1 Å². The molecule has 1 unspecified atom stereocenters. The van der Waals surface area contributed by atoms with Crippen molar-refractivity contribution >= 4 is 16.9 Å². The number of rotatable bonds is 8. The van der Waals surface area contributed by atoms with Gasteiger partial charge in [0.2, 0.25) is 0 Å². The number of hydrogen-bond donors (Lipinski definition) is 2. The van der Waals surface area contributed by atoms with E-state index in [0.29, 0.717) is 6.61 Å². The molecule has 154 valence electrons.